The number of nitriles is 1. The molecule has 0 saturated carbocycles. The molecule has 0 radical (unpaired) electrons. The number of nitrogens with zero attached hydrogens (tertiary/aromatic N) is 2. The van der Waals surface area contributed by atoms with Crippen LogP contribution in [0.15, 0.2) is 12.1 Å². The molecule has 0 fully saturated rings. The summed E-state index contributed by atoms with van der Waals surface area (Å²) in [6.07, 6.45) is -0.426. The third kappa shape index (κ3) is 3.26. The summed E-state index contributed by atoms with van der Waals surface area (Å²) in [6.45, 7) is 1.38. The van der Waals surface area contributed by atoms with Crippen LogP contribution in [0.25, 0.3) is 0 Å². The van der Waals surface area contributed by atoms with E-state index in [1.807, 2.05) is 0 Å². The quantitative estimate of drug-likeness (QED) is 0.623. The van der Waals surface area contributed by atoms with Gasteiger partial charge in [0.05, 0.1) is 27.8 Å². The summed E-state index contributed by atoms with van der Waals surface area (Å²) in [5.74, 6) is -2.01. The van der Waals surface area contributed by atoms with E-state index >= 15 is 0 Å². The number of carboxylic acid groups (broad SMARTS) is 1. The first-order valence-corrected chi connectivity index (χ1v) is 5.06. The van der Waals surface area contributed by atoms with Crippen LogP contribution in [0.5, 0.6) is 0 Å². The molecule has 0 aliphatic heterocycles. The number of benzene rings is 1. The Morgan fingerprint density at radius 2 is 2.16 bits per heavy atom. The van der Waals surface area contributed by atoms with Crippen LogP contribution in [-0.2, 0) is 4.79 Å². The van der Waals surface area contributed by atoms with Gasteiger partial charge >= 0.3 is 5.97 Å². The second kappa shape index (κ2) is 5.59. The van der Waals surface area contributed by atoms with Gasteiger partial charge in [-0.2, -0.15) is 5.26 Å². The summed E-state index contributed by atoms with van der Waals surface area (Å²) in [5.41, 5.74) is -0.593. The van der Waals surface area contributed by atoms with Gasteiger partial charge in [-0.15, -0.1) is 0 Å². The Labute approximate surface area is 107 Å². The second-order valence-corrected chi connectivity index (χ2v) is 3.61. The molecule has 98 valence electrons. The van der Waals surface area contributed by atoms with Crippen LogP contribution in [-0.4, -0.2) is 21.9 Å². The molecule has 0 unspecified atom stereocenters. The van der Waals surface area contributed by atoms with Crippen LogP contribution < -0.4 is 5.32 Å². The minimum atomic E-state index is -1.35. The molecule has 0 bridgehead atoms. The molecule has 2 N–H and O–H groups in total. The lowest BCUT2D eigenvalue weighted by atomic mass is 10.1. The number of rotatable bonds is 4. The highest BCUT2D eigenvalue weighted by atomic mass is 16.6. The smallest absolute Gasteiger partial charge is 0.336 e. The highest BCUT2D eigenvalue weighted by Gasteiger charge is 2.19. The molecule has 1 aromatic carbocycles. The molecule has 0 aromatic heterocycles. The molecule has 0 atom stereocenters. The zero-order valence-corrected chi connectivity index (χ0v) is 9.84. The lowest BCUT2D eigenvalue weighted by Gasteiger charge is -2.08. The van der Waals surface area contributed by atoms with Crippen molar-refractivity contribution in [3.8, 4) is 6.07 Å². The minimum Gasteiger partial charge on any atom is -0.478 e. The van der Waals surface area contributed by atoms with Gasteiger partial charge in [-0.3, -0.25) is 14.9 Å². The molecule has 1 rings (SSSR count). The Hall–Kier alpha value is -2.95. The number of carboxylic acids is 1. The standard InChI is InChI=1S/C11H9N3O5/c1-6-8(13-10(15)2-3-12)4-7(11(16)17)5-9(6)14(18)19/h4-5H,2H2,1H3,(H,13,15)(H,16,17). The maximum absolute atomic E-state index is 11.3. The van der Waals surface area contributed by atoms with E-state index in [0.717, 1.165) is 12.1 Å². The summed E-state index contributed by atoms with van der Waals surface area (Å²) in [6, 6.07) is 3.65. The van der Waals surface area contributed by atoms with Crippen molar-refractivity contribution in [3.05, 3.63) is 33.4 Å². The maximum atomic E-state index is 11.3. The summed E-state index contributed by atoms with van der Waals surface area (Å²) in [5, 5.41) is 30.3. The number of aromatic carboxylic acids is 1. The first-order valence-electron chi connectivity index (χ1n) is 5.06. The van der Waals surface area contributed by atoms with Crippen molar-refractivity contribution in [3.63, 3.8) is 0 Å². The fraction of sp³-hybridized carbons (Fsp3) is 0.182. The first kappa shape index (κ1) is 14.1. The van der Waals surface area contributed by atoms with Crippen molar-refractivity contribution in [2.24, 2.45) is 0 Å². The fourth-order valence-corrected chi connectivity index (χ4v) is 1.41. The lowest BCUT2D eigenvalue weighted by Crippen LogP contribution is -2.13. The van der Waals surface area contributed by atoms with Crippen LogP contribution >= 0.6 is 0 Å². The molecular formula is C11H9N3O5. The van der Waals surface area contributed by atoms with Crippen molar-refractivity contribution in [1.82, 2.24) is 0 Å². The van der Waals surface area contributed by atoms with E-state index in [-0.39, 0.29) is 16.8 Å². The summed E-state index contributed by atoms with van der Waals surface area (Å²) in [7, 11) is 0. The van der Waals surface area contributed by atoms with Gasteiger partial charge in [-0.25, -0.2) is 4.79 Å². The SMILES string of the molecule is Cc1c(NC(=O)CC#N)cc(C(=O)O)cc1[N+](=O)[O-]. The predicted octanol–water partition coefficient (Wildman–Crippen LogP) is 1.45. The van der Waals surface area contributed by atoms with Gasteiger partial charge in [0.1, 0.15) is 6.42 Å². The Bertz CT molecular complexity index is 603. The van der Waals surface area contributed by atoms with Gasteiger partial charge < -0.3 is 10.4 Å². The number of nitro benzene ring substituents is 1. The van der Waals surface area contributed by atoms with Crippen LogP contribution in [0.2, 0.25) is 0 Å². The molecule has 19 heavy (non-hydrogen) atoms. The van der Waals surface area contributed by atoms with E-state index in [2.05, 4.69) is 5.32 Å². The molecule has 0 aliphatic carbocycles. The summed E-state index contributed by atoms with van der Waals surface area (Å²) in [4.78, 5) is 32.2. The van der Waals surface area contributed by atoms with E-state index < -0.39 is 28.9 Å². The zero-order valence-electron chi connectivity index (χ0n) is 9.84. The van der Waals surface area contributed by atoms with Crippen molar-refractivity contribution in [2.75, 3.05) is 5.32 Å². The van der Waals surface area contributed by atoms with Crippen LogP contribution in [0.4, 0.5) is 11.4 Å². The molecule has 0 heterocycles. The number of amides is 1. The van der Waals surface area contributed by atoms with Crippen LogP contribution in [0.1, 0.15) is 22.3 Å². The Balaban J connectivity index is 3.30. The topological polar surface area (TPSA) is 133 Å². The van der Waals surface area contributed by atoms with Crippen molar-refractivity contribution in [1.29, 1.82) is 5.26 Å². The van der Waals surface area contributed by atoms with Gasteiger partial charge in [0, 0.05) is 6.07 Å². The lowest BCUT2D eigenvalue weighted by molar-refractivity contribution is -0.385. The molecule has 0 saturated heterocycles. The Kier molecular flexibility index (Phi) is 4.15. The van der Waals surface area contributed by atoms with Gasteiger partial charge in [0.15, 0.2) is 0 Å². The van der Waals surface area contributed by atoms with E-state index in [9.17, 15) is 19.7 Å². The Morgan fingerprint density at radius 1 is 1.53 bits per heavy atom. The summed E-state index contributed by atoms with van der Waals surface area (Å²) < 4.78 is 0. The number of anilines is 1. The number of carbonyl (C=O) groups is 2. The van der Waals surface area contributed by atoms with Crippen LogP contribution in [0, 0.1) is 28.4 Å². The number of nitrogens with one attached hydrogen (secondary N) is 1. The maximum Gasteiger partial charge on any atom is 0.336 e. The third-order valence-corrected chi connectivity index (χ3v) is 2.34. The average Bonchev–Trinajstić information content (AvgIpc) is 2.31. The average molecular weight is 263 g/mol. The van der Waals surface area contributed by atoms with E-state index in [1.165, 1.54) is 6.92 Å². The molecule has 1 amide bonds. The normalized spacial score (nSPS) is 9.47. The van der Waals surface area contributed by atoms with E-state index in [4.69, 9.17) is 10.4 Å². The predicted molar refractivity (Wildman–Crippen MR) is 63.7 cm³/mol. The van der Waals surface area contributed by atoms with Crippen molar-refractivity contribution < 1.29 is 19.6 Å². The van der Waals surface area contributed by atoms with Gasteiger partial charge in [0.25, 0.3) is 5.69 Å². The van der Waals surface area contributed by atoms with Crippen molar-refractivity contribution in [2.45, 2.75) is 13.3 Å². The number of hydrogen-bond donors (Lipinski definition) is 2. The molecule has 0 aliphatic rings. The van der Waals surface area contributed by atoms with Gasteiger partial charge in [0.2, 0.25) is 5.91 Å². The first-order chi connectivity index (χ1) is 8.86. The number of hydrogen-bond acceptors (Lipinski definition) is 5. The fourth-order valence-electron chi connectivity index (χ4n) is 1.41. The molecular weight excluding hydrogens is 254 g/mol. The molecule has 0 spiro atoms. The van der Waals surface area contributed by atoms with Crippen molar-refractivity contribution >= 4 is 23.3 Å². The zero-order chi connectivity index (χ0) is 14.6. The molecule has 8 heteroatoms. The van der Waals surface area contributed by atoms with E-state index in [0.29, 0.717) is 0 Å². The molecule has 1 aromatic rings. The number of carbonyl (C=O) groups excluding carboxylic acids is 1. The molecule has 8 nitrogen and oxygen atoms in total. The highest BCUT2D eigenvalue weighted by molar-refractivity contribution is 5.96. The Morgan fingerprint density at radius 3 is 2.63 bits per heavy atom. The third-order valence-electron chi connectivity index (χ3n) is 2.34. The largest absolute Gasteiger partial charge is 0.478 e. The minimum absolute atomic E-state index is 0.00634. The monoisotopic (exact) mass is 263 g/mol. The number of nitro groups is 1. The van der Waals surface area contributed by atoms with Crippen LogP contribution in [0.3, 0.4) is 0 Å². The van der Waals surface area contributed by atoms with E-state index in [1.54, 1.807) is 6.07 Å². The van der Waals surface area contributed by atoms with Gasteiger partial charge in [-0.1, -0.05) is 0 Å². The second-order valence-electron chi connectivity index (χ2n) is 3.61. The summed E-state index contributed by atoms with van der Waals surface area (Å²) >= 11 is 0. The van der Waals surface area contributed by atoms with Gasteiger partial charge in [-0.05, 0) is 13.0 Å². The highest BCUT2D eigenvalue weighted by Crippen LogP contribution is 2.27.